The van der Waals surface area contributed by atoms with Crippen LogP contribution in [0, 0.1) is 46.3 Å². The van der Waals surface area contributed by atoms with Crippen molar-refractivity contribution in [3.8, 4) is 0 Å². The van der Waals surface area contributed by atoms with Gasteiger partial charge >= 0.3 is 0 Å². The van der Waals surface area contributed by atoms with Crippen molar-refractivity contribution in [3.63, 3.8) is 0 Å². The van der Waals surface area contributed by atoms with Crippen LogP contribution in [0.5, 0.6) is 0 Å². The summed E-state index contributed by atoms with van der Waals surface area (Å²) in [6.45, 7) is 12.2. The molecule has 0 aliphatic heterocycles. The minimum atomic E-state index is -0.770. The second-order valence-electron chi connectivity index (χ2n) is 12.2. The van der Waals surface area contributed by atoms with Crippen LogP contribution in [-0.2, 0) is 4.79 Å². The van der Waals surface area contributed by atoms with E-state index < -0.39 is 6.10 Å². The van der Waals surface area contributed by atoms with Gasteiger partial charge in [0.1, 0.15) is 6.10 Å². The smallest absolute Gasteiger partial charge is 0.184 e. The Morgan fingerprint density at radius 3 is 2.55 bits per heavy atom. The number of aliphatic hydroxyl groups excluding tert-OH is 1. The Kier molecular flexibility index (Phi) is 5.82. The summed E-state index contributed by atoms with van der Waals surface area (Å²) in [6, 6.07) is 0. The van der Waals surface area contributed by atoms with Gasteiger partial charge in [-0.1, -0.05) is 59.5 Å². The van der Waals surface area contributed by atoms with Gasteiger partial charge in [-0.3, -0.25) is 4.79 Å². The van der Waals surface area contributed by atoms with Crippen molar-refractivity contribution in [2.45, 2.75) is 105 Å². The zero-order valence-corrected chi connectivity index (χ0v) is 19.5. The summed E-state index contributed by atoms with van der Waals surface area (Å²) in [5, 5.41) is 10.4. The van der Waals surface area contributed by atoms with E-state index in [1.54, 1.807) is 0 Å². The lowest BCUT2D eigenvalue weighted by Crippen LogP contribution is -2.52. The quantitative estimate of drug-likeness (QED) is 0.567. The van der Waals surface area contributed by atoms with Gasteiger partial charge < -0.3 is 5.11 Å². The molecular weight excluding hydrogens is 356 g/mol. The fourth-order valence-electron chi connectivity index (χ4n) is 8.64. The van der Waals surface area contributed by atoms with Gasteiger partial charge in [-0.05, 0) is 97.4 Å². The molecule has 0 unspecified atom stereocenters. The molecule has 0 heterocycles. The van der Waals surface area contributed by atoms with E-state index in [-0.39, 0.29) is 11.2 Å². The lowest BCUT2D eigenvalue weighted by molar-refractivity contribution is -0.128. The molecule has 0 aromatic heterocycles. The molecule has 3 fully saturated rings. The first-order valence-corrected chi connectivity index (χ1v) is 12.6. The van der Waals surface area contributed by atoms with E-state index in [1.165, 1.54) is 56.9 Å². The first-order valence-electron chi connectivity index (χ1n) is 12.6. The fraction of sp³-hybridized carbons (Fsp3) is 0.889. The molecule has 4 rings (SSSR count). The Labute approximate surface area is 178 Å². The van der Waals surface area contributed by atoms with E-state index in [9.17, 15) is 9.90 Å². The van der Waals surface area contributed by atoms with Crippen molar-refractivity contribution in [1.29, 1.82) is 0 Å². The van der Waals surface area contributed by atoms with Gasteiger partial charge in [0.25, 0.3) is 0 Å². The predicted molar refractivity (Wildman–Crippen MR) is 119 cm³/mol. The van der Waals surface area contributed by atoms with Gasteiger partial charge in [-0.2, -0.15) is 0 Å². The average Bonchev–Trinajstić information content (AvgIpc) is 3.00. The van der Waals surface area contributed by atoms with E-state index in [1.807, 2.05) is 6.08 Å². The summed E-state index contributed by atoms with van der Waals surface area (Å²) in [5.41, 5.74) is 1.92. The highest BCUT2D eigenvalue weighted by Gasteiger charge is 2.60. The molecule has 0 radical (unpaired) electrons. The van der Waals surface area contributed by atoms with Crippen LogP contribution < -0.4 is 0 Å². The topological polar surface area (TPSA) is 37.3 Å². The van der Waals surface area contributed by atoms with Gasteiger partial charge in [0, 0.05) is 0 Å². The van der Waals surface area contributed by atoms with Gasteiger partial charge in [0.05, 0.1) is 0 Å². The molecule has 8 atom stereocenters. The molecule has 0 aromatic rings. The third-order valence-corrected chi connectivity index (χ3v) is 10.2. The Hall–Kier alpha value is -0.630. The number of carbonyl (C=O) groups is 1. The van der Waals surface area contributed by atoms with Crippen molar-refractivity contribution in [2.75, 3.05) is 0 Å². The Balaban J connectivity index is 1.51. The Bertz CT molecular complexity index is 663. The molecule has 4 aliphatic rings. The number of allylic oxidation sites excluding steroid dienone is 1. The number of aliphatic hydroxyl groups is 1. The molecule has 0 aromatic carbocycles. The summed E-state index contributed by atoms with van der Waals surface area (Å²) in [5.74, 6) is 4.84. The molecule has 29 heavy (non-hydrogen) atoms. The van der Waals surface area contributed by atoms with Crippen LogP contribution in [0.25, 0.3) is 0 Å². The molecular formula is C27H44O2. The lowest BCUT2D eigenvalue weighted by Gasteiger charge is -2.58. The van der Waals surface area contributed by atoms with Crippen molar-refractivity contribution < 1.29 is 9.90 Å². The van der Waals surface area contributed by atoms with E-state index in [2.05, 4.69) is 34.6 Å². The minimum absolute atomic E-state index is 0.0484. The van der Waals surface area contributed by atoms with Crippen LogP contribution in [0.15, 0.2) is 11.6 Å². The van der Waals surface area contributed by atoms with Gasteiger partial charge in [0.15, 0.2) is 5.78 Å². The highest BCUT2D eigenvalue weighted by Crippen LogP contribution is 2.67. The summed E-state index contributed by atoms with van der Waals surface area (Å²) >= 11 is 0. The normalized spacial score (nSPS) is 45.4. The highest BCUT2D eigenvalue weighted by molar-refractivity contribution is 5.95. The number of hydrogen-bond acceptors (Lipinski definition) is 2. The molecule has 0 spiro atoms. The molecule has 164 valence electrons. The van der Waals surface area contributed by atoms with Crippen LogP contribution in [0.4, 0.5) is 0 Å². The van der Waals surface area contributed by atoms with Crippen LogP contribution in [0.1, 0.15) is 98.8 Å². The second-order valence-corrected chi connectivity index (χ2v) is 12.2. The fourth-order valence-corrected chi connectivity index (χ4v) is 8.64. The van der Waals surface area contributed by atoms with E-state index in [4.69, 9.17) is 0 Å². The molecule has 2 heteroatoms. The number of fused-ring (bicyclic) bond motifs is 5. The third kappa shape index (κ3) is 3.56. The maximum absolute atomic E-state index is 12.1. The summed E-state index contributed by atoms with van der Waals surface area (Å²) in [4.78, 5) is 12.1. The summed E-state index contributed by atoms with van der Waals surface area (Å²) < 4.78 is 0. The van der Waals surface area contributed by atoms with Crippen LogP contribution in [0.3, 0.4) is 0 Å². The largest absolute Gasteiger partial charge is 0.385 e. The molecule has 1 N–H and O–H groups in total. The SMILES string of the molecule is CC(C)CCC[C@@H](C)[C@H]1CC[C@H]2[C@@H]3CCC4=CC(=O)[C@@H](O)C[C@]4(C)[C@H]3CC[C@]12C. The van der Waals surface area contributed by atoms with Crippen LogP contribution in [-0.4, -0.2) is 17.0 Å². The van der Waals surface area contributed by atoms with Crippen molar-refractivity contribution in [1.82, 2.24) is 0 Å². The first kappa shape index (κ1) is 21.6. The van der Waals surface area contributed by atoms with Gasteiger partial charge in [0.2, 0.25) is 0 Å². The van der Waals surface area contributed by atoms with Gasteiger partial charge in [-0.15, -0.1) is 0 Å². The maximum Gasteiger partial charge on any atom is 0.184 e. The Morgan fingerprint density at radius 2 is 1.83 bits per heavy atom. The number of ketones is 1. The minimum Gasteiger partial charge on any atom is -0.385 e. The third-order valence-electron chi connectivity index (χ3n) is 10.2. The van der Waals surface area contributed by atoms with Crippen LogP contribution >= 0.6 is 0 Å². The monoisotopic (exact) mass is 400 g/mol. The standard InChI is InChI=1S/C27H44O2/c1-17(2)7-6-8-18(3)21-11-12-22-20-10-9-19-15-24(28)25(29)16-27(19,5)23(20)13-14-26(21,22)4/h15,17-18,20-23,25,29H,6-14,16H2,1-5H3/t18-,20+,21-,22+,23+,25+,26-,27+/m1/s1. The maximum atomic E-state index is 12.1. The number of carbonyl (C=O) groups excluding carboxylic acids is 1. The molecule has 3 saturated carbocycles. The van der Waals surface area contributed by atoms with Crippen molar-refractivity contribution in [3.05, 3.63) is 11.6 Å². The van der Waals surface area contributed by atoms with E-state index >= 15 is 0 Å². The second kappa shape index (κ2) is 7.81. The van der Waals surface area contributed by atoms with E-state index in [0.717, 1.165) is 36.0 Å². The highest BCUT2D eigenvalue weighted by atomic mass is 16.3. The lowest BCUT2D eigenvalue weighted by atomic mass is 9.46. The predicted octanol–water partition coefficient (Wildman–Crippen LogP) is 6.57. The summed E-state index contributed by atoms with van der Waals surface area (Å²) in [7, 11) is 0. The van der Waals surface area contributed by atoms with E-state index in [0.29, 0.717) is 17.8 Å². The van der Waals surface area contributed by atoms with Crippen molar-refractivity contribution >= 4 is 5.78 Å². The summed E-state index contributed by atoms with van der Waals surface area (Å²) in [6.07, 6.45) is 13.7. The zero-order chi connectivity index (χ0) is 21.0. The number of rotatable bonds is 5. The number of hydrogen-bond donors (Lipinski definition) is 1. The van der Waals surface area contributed by atoms with Gasteiger partial charge in [-0.25, -0.2) is 0 Å². The molecule has 0 saturated heterocycles. The molecule has 0 amide bonds. The molecule has 2 nitrogen and oxygen atoms in total. The average molecular weight is 401 g/mol. The Morgan fingerprint density at radius 1 is 1.07 bits per heavy atom. The molecule has 4 aliphatic carbocycles. The first-order chi connectivity index (χ1) is 13.7. The van der Waals surface area contributed by atoms with Crippen LogP contribution in [0.2, 0.25) is 0 Å². The molecule has 0 bridgehead atoms. The zero-order valence-electron chi connectivity index (χ0n) is 19.5. The van der Waals surface area contributed by atoms with Crippen molar-refractivity contribution in [2.24, 2.45) is 46.3 Å².